The summed E-state index contributed by atoms with van der Waals surface area (Å²) in [5.41, 5.74) is 0. The van der Waals surface area contributed by atoms with Crippen molar-refractivity contribution in [2.24, 2.45) is 11.8 Å². The maximum Gasteiger partial charge on any atom is 0.319 e. The number of piperidine rings is 1. The predicted molar refractivity (Wildman–Crippen MR) is 111 cm³/mol. The van der Waals surface area contributed by atoms with Crippen molar-refractivity contribution >= 4 is 6.03 Å². The van der Waals surface area contributed by atoms with Gasteiger partial charge in [-0.25, -0.2) is 4.79 Å². The molecule has 2 heterocycles. The molecular formula is C21H40N4O4. The number of hydrogen-bond donors (Lipinski definition) is 2. The lowest BCUT2D eigenvalue weighted by atomic mass is 9.72. The summed E-state index contributed by atoms with van der Waals surface area (Å²) in [7, 11) is 6.12. The van der Waals surface area contributed by atoms with E-state index in [2.05, 4.69) is 29.1 Å². The third kappa shape index (κ3) is 5.05. The minimum Gasteiger partial charge on any atom is -0.373 e. The first kappa shape index (κ1) is 22.7. The van der Waals surface area contributed by atoms with E-state index in [0.29, 0.717) is 38.3 Å². The Morgan fingerprint density at radius 3 is 2.66 bits per heavy atom. The largest absolute Gasteiger partial charge is 0.373 e. The SMILES string of the molecule is CCN(C(=O)NC[C@H](C)N(C)C)C(O)[C@@H]1C[C@@H]2CC3(CC[C@H]2N(C)C1)OCCO3. The van der Waals surface area contributed by atoms with Gasteiger partial charge in [-0.2, -0.15) is 0 Å². The summed E-state index contributed by atoms with van der Waals surface area (Å²) < 4.78 is 11.9. The quantitative estimate of drug-likeness (QED) is 0.638. The highest BCUT2D eigenvalue weighted by atomic mass is 16.7. The van der Waals surface area contributed by atoms with Gasteiger partial charge in [0.15, 0.2) is 5.79 Å². The van der Waals surface area contributed by atoms with Crippen LogP contribution in [0.3, 0.4) is 0 Å². The fraction of sp³-hybridized carbons (Fsp3) is 0.952. The zero-order valence-electron chi connectivity index (χ0n) is 18.8. The van der Waals surface area contributed by atoms with Gasteiger partial charge >= 0.3 is 6.03 Å². The molecule has 5 atom stereocenters. The zero-order valence-corrected chi connectivity index (χ0v) is 18.8. The van der Waals surface area contributed by atoms with Gasteiger partial charge in [-0.05, 0) is 53.8 Å². The van der Waals surface area contributed by atoms with E-state index < -0.39 is 12.0 Å². The van der Waals surface area contributed by atoms with Crippen molar-refractivity contribution in [3.63, 3.8) is 0 Å². The van der Waals surface area contributed by atoms with Crippen molar-refractivity contribution in [2.45, 2.75) is 63.6 Å². The van der Waals surface area contributed by atoms with E-state index in [1.807, 2.05) is 21.0 Å². The Balaban J connectivity index is 1.61. The molecular weight excluding hydrogens is 372 g/mol. The number of carbonyl (C=O) groups is 1. The zero-order chi connectivity index (χ0) is 21.2. The van der Waals surface area contributed by atoms with E-state index in [9.17, 15) is 9.90 Å². The molecule has 3 aliphatic rings. The minimum absolute atomic E-state index is 0.0229. The predicted octanol–water partition coefficient (Wildman–Crippen LogP) is 1.15. The van der Waals surface area contributed by atoms with Crippen molar-refractivity contribution in [1.82, 2.24) is 20.0 Å². The Bertz CT molecular complexity index is 555. The standard InChI is InChI=1S/C21H40N4O4/c1-6-25(20(27)22-13-15(2)23(3)4)19(26)17-11-16-12-21(28-9-10-29-21)8-7-18(16)24(5)14-17/h15-19,26H,6-14H2,1-5H3,(H,22,27)/t15-,16+,17+,18+,19?/m0/s1. The van der Waals surface area contributed by atoms with E-state index in [1.165, 1.54) is 0 Å². The number of likely N-dealkylation sites (N-methyl/N-ethyl adjacent to an activating group) is 1. The molecule has 2 saturated heterocycles. The second-order valence-electron chi connectivity index (χ2n) is 9.31. The highest BCUT2D eigenvalue weighted by Crippen LogP contribution is 2.45. The number of rotatable bonds is 6. The molecule has 2 amide bonds. The number of aliphatic hydroxyl groups excluding tert-OH is 1. The molecule has 168 valence electrons. The van der Waals surface area contributed by atoms with Gasteiger partial charge in [-0.3, -0.25) is 4.90 Å². The minimum atomic E-state index is -0.790. The highest BCUT2D eigenvalue weighted by Gasteiger charge is 2.49. The van der Waals surface area contributed by atoms with E-state index >= 15 is 0 Å². The lowest BCUT2D eigenvalue weighted by Gasteiger charge is -2.51. The number of fused-ring (bicyclic) bond motifs is 1. The molecule has 0 bridgehead atoms. The molecule has 3 rings (SSSR count). The van der Waals surface area contributed by atoms with Crippen molar-refractivity contribution in [2.75, 3.05) is 54.0 Å². The van der Waals surface area contributed by atoms with Gasteiger partial charge in [0.05, 0.1) is 13.2 Å². The number of hydrogen-bond acceptors (Lipinski definition) is 6. The van der Waals surface area contributed by atoms with E-state index in [-0.39, 0.29) is 18.0 Å². The lowest BCUT2D eigenvalue weighted by Crippen LogP contribution is -2.58. The summed E-state index contributed by atoms with van der Waals surface area (Å²) in [6, 6.07) is 0.545. The molecule has 8 heteroatoms. The normalized spacial score (nSPS) is 31.5. The van der Waals surface area contributed by atoms with Crippen LogP contribution in [-0.2, 0) is 9.47 Å². The third-order valence-electron chi connectivity index (χ3n) is 7.22. The van der Waals surface area contributed by atoms with Crippen LogP contribution < -0.4 is 5.32 Å². The van der Waals surface area contributed by atoms with Gasteiger partial charge in [-0.15, -0.1) is 0 Å². The molecule has 1 spiro atoms. The molecule has 0 aromatic carbocycles. The van der Waals surface area contributed by atoms with Gasteiger partial charge in [0.25, 0.3) is 0 Å². The fourth-order valence-corrected chi connectivity index (χ4v) is 5.23. The van der Waals surface area contributed by atoms with Gasteiger partial charge in [0, 0.05) is 50.5 Å². The van der Waals surface area contributed by atoms with Gasteiger partial charge in [0.1, 0.15) is 6.23 Å². The van der Waals surface area contributed by atoms with Crippen LogP contribution in [0.2, 0.25) is 0 Å². The van der Waals surface area contributed by atoms with Gasteiger partial charge in [-0.1, -0.05) is 0 Å². The number of nitrogens with zero attached hydrogens (tertiary/aromatic N) is 3. The topological polar surface area (TPSA) is 77.5 Å². The Morgan fingerprint density at radius 2 is 2.03 bits per heavy atom. The fourth-order valence-electron chi connectivity index (χ4n) is 5.23. The average molecular weight is 413 g/mol. The van der Waals surface area contributed by atoms with Crippen LogP contribution in [-0.4, -0.2) is 104 Å². The number of urea groups is 1. The summed E-state index contributed by atoms with van der Waals surface area (Å²) in [6.45, 7) is 7.17. The summed E-state index contributed by atoms with van der Waals surface area (Å²) in [5.74, 6) is 0.0180. The van der Waals surface area contributed by atoms with Crippen molar-refractivity contribution < 1.29 is 19.4 Å². The number of nitrogens with one attached hydrogen (secondary N) is 1. The number of ether oxygens (including phenoxy) is 2. The number of carbonyl (C=O) groups excluding carboxylic acids is 1. The first-order valence-electron chi connectivity index (χ1n) is 11.1. The number of aliphatic hydroxyl groups is 1. The van der Waals surface area contributed by atoms with Crippen LogP contribution >= 0.6 is 0 Å². The average Bonchev–Trinajstić information content (AvgIpc) is 3.13. The van der Waals surface area contributed by atoms with Crippen LogP contribution in [0.5, 0.6) is 0 Å². The van der Waals surface area contributed by atoms with Crippen molar-refractivity contribution in [3.05, 3.63) is 0 Å². The van der Waals surface area contributed by atoms with Crippen LogP contribution in [0.15, 0.2) is 0 Å². The van der Waals surface area contributed by atoms with Crippen LogP contribution in [0, 0.1) is 11.8 Å². The lowest BCUT2D eigenvalue weighted by molar-refractivity contribution is -0.205. The van der Waals surface area contributed by atoms with Gasteiger partial charge in [0.2, 0.25) is 0 Å². The Labute approximate surface area is 175 Å². The second-order valence-corrected chi connectivity index (χ2v) is 9.31. The van der Waals surface area contributed by atoms with Gasteiger partial charge < -0.3 is 29.7 Å². The van der Waals surface area contributed by atoms with Crippen LogP contribution in [0.25, 0.3) is 0 Å². The van der Waals surface area contributed by atoms with Crippen molar-refractivity contribution in [3.8, 4) is 0 Å². The maximum atomic E-state index is 12.7. The molecule has 0 aromatic heterocycles. The summed E-state index contributed by atoms with van der Waals surface area (Å²) in [5, 5.41) is 14.1. The summed E-state index contributed by atoms with van der Waals surface area (Å²) in [6.07, 6.45) is 2.98. The second kappa shape index (κ2) is 9.47. The molecule has 8 nitrogen and oxygen atoms in total. The molecule has 1 unspecified atom stereocenters. The molecule has 2 N–H and O–H groups in total. The molecule has 29 heavy (non-hydrogen) atoms. The first-order valence-corrected chi connectivity index (χ1v) is 11.1. The van der Waals surface area contributed by atoms with E-state index in [4.69, 9.17) is 9.47 Å². The molecule has 2 aliphatic heterocycles. The van der Waals surface area contributed by atoms with Crippen LogP contribution in [0.4, 0.5) is 4.79 Å². The van der Waals surface area contributed by atoms with E-state index in [1.54, 1.807) is 4.90 Å². The highest BCUT2D eigenvalue weighted by molar-refractivity contribution is 5.74. The first-order chi connectivity index (χ1) is 13.8. The monoisotopic (exact) mass is 412 g/mol. The number of amides is 2. The smallest absolute Gasteiger partial charge is 0.319 e. The maximum absolute atomic E-state index is 12.7. The Morgan fingerprint density at radius 1 is 1.34 bits per heavy atom. The molecule has 1 saturated carbocycles. The van der Waals surface area contributed by atoms with Crippen molar-refractivity contribution in [1.29, 1.82) is 0 Å². The van der Waals surface area contributed by atoms with Crippen LogP contribution in [0.1, 0.15) is 39.5 Å². The Kier molecular flexibility index (Phi) is 7.43. The molecule has 0 aromatic rings. The molecule has 3 fully saturated rings. The Hall–Kier alpha value is -0.930. The molecule has 0 radical (unpaired) electrons. The summed E-state index contributed by atoms with van der Waals surface area (Å²) in [4.78, 5) is 18.7. The summed E-state index contributed by atoms with van der Waals surface area (Å²) >= 11 is 0. The third-order valence-corrected chi connectivity index (χ3v) is 7.22. The number of likely N-dealkylation sites (tertiary alicyclic amines) is 1. The molecule has 1 aliphatic carbocycles. The van der Waals surface area contributed by atoms with E-state index in [0.717, 1.165) is 32.2 Å².